The van der Waals surface area contributed by atoms with Crippen LogP contribution in [0.25, 0.3) is 0 Å². The zero-order valence-corrected chi connectivity index (χ0v) is 14.3. The van der Waals surface area contributed by atoms with Crippen LogP contribution in [0.2, 0.25) is 19.6 Å². The zero-order valence-electron chi connectivity index (χ0n) is 13.3. The molecule has 1 atom stereocenters. The van der Waals surface area contributed by atoms with Crippen molar-refractivity contribution in [1.82, 2.24) is 0 Å². The van der Waals surface area contributed by atoms with E-state index in [1.165, 1.54) is 17.3 Å². The SMILES string of the molecule is C=C(C(CCCC)c1ccc(C(F)(F)F)cc1)[Si](C)(C)C. The van der Waals surface area contributed by atoms with Gasteiger partial charge in [0.15, 0.2) is 0 Å². The molecule has 0 spiro atoms. The minimum atomic E-state index is -4.27. The lowest BCUT2D eigenvalue weighted by Crippen LogP contribution is -2.27. The maximum absolute atomic E-state index is 12.7. The van der Waals surface area contributed by atoms with E-state index in [4.69, 9.17) is 0 Å². The molecule has 0 aliphatic carbocycles. The Balaban J connectivity index is 3.06. The summed E-state index contributed by atoms with van der Waals surface area (Å²) in [7, 11) is -1.52. The van der Waals surface area contributed by atoms with Crippen LogP contribution in [0.3, 0.4) is 0 Å². The van der Waals surface area contributed by atoms with E-state index in [1.807, 2.05) is 0 Å². The predicted octanol–water partition coefficient (Wildman–Crippen LogP) is 6.41. The molecule has 0 bridgehead atoms. The second kappa shape index (κ2) is 6.82. The monoisotopic (exact) mass is 314 g/mol. The largest absolute Gasteiger partial charge is 0.416 e. The number of hydrogen-bond donors (Lipinski definition) is 0. The van der Waals surface area contributed by atoms with Crippen molar-refractivity contribution in [3.8, 4) is 0 Å². The van der Waals surface area contributed by atoms with Crippen LogP contribution in [-0.2, 0) is 6.18 Å². The average molecular weight is 314 g/mol. The quantitative estimate of drug-likeness (QED) is 0.532. The summed E-state index contributed by atoms with van der Waals surface area (Å²) in [4.78, 5) is 0. The highest BCUT2D eigenvalue weighted by molar-refractivity contribution is 6.83. The van der Waals surface area contributed by atoms with Crippen LogP contribution in [0, 0.1) is 0 Å². The van der Waals surface area contributed by atoms with E-state index in [9.17, 15) is 13.2 Å². The third-order valence-electron chi connectivity index (χ3n) is 3.87. The molecule has 118 valence electrons. The lowest BCUT2D eigenvalue weighted by Gasteiger charge is -2.29. The van der Waals surface area contributed by atoms with Crippen molar-refractivity contribution in [3.63, 3.8) is 0 Å². The molecule has 0 aliphatic heterocycles. The topological polar surface area (TPSA) is 0 Å². The molecule has 0 saturated carbocycles. The van der Waals surface area contributed by atoms with Crippen molar-refractivity contribution in [2.45, 2.75) is 57.9 Å². The van der Waals surface area contributed by atoms with Gasteiger partial charge in [0.05, 0.1) is 13.6 Å². The zero-order chi connectivity index (χ0) is 16.3. The van der Waals surface area contributed by atoms with E-state index in [0.717, 1.165) is 24.8 Å². The fourth-order valence-electron chi connectivity index (χ4n) is 2.38. The van der Waals surface area contributed by atoms with Crippen molar-refractivity contribution >= 4 is 8.07 Å². The first-order valence-electron chi connectivity index (χ1n) is 7.43. The molecule has 1 rings (SSSR count). The van der Waals surface area contributed by atoms with Crippen molar-refractivity contribution in [2.24, 2.45) is 0 Å². The smallest absolute Gasteiger partial charge is 0.166 e. The number of alkyl halides is 3. The van der Waals surface area contributed by atoms with Crippen LogP contribution in [-0.4, -0.2) is 8.07 Å². The van der Waals surface area contributed by atoms with E-state index < -0.39 is 19.8 Å². The summed E-state index contributed by atoms with van der Waals surface area (Å²) in [6.45, 7) is 13.1. The van der Waals surface area contributed by atoms with Crippen LogP contribution in [0.15, 0.2) is 36.0 Å². The van der Waals surface area contributed by atoms with E-state index in [-0.39, 0.29) is 5.92 Å². The Kier molecular flexibility index (Phi) is 5.85. The summed E-state index contributed by atoms with van der Waals surface area (Å²) < 4.78 is 38.0. The molecule has 0 saturated heterocycles. The minimum Gasteiger partial charge on any atom is -0.166 e. The van der Waals surface area contributed by atoms with Crippen molar-refractivity contribution in [1.29, 1.82) is 0 Å². The number of unbranched alkanes of at least 4 members (excludes halogenated alkanes) is 1. The lowest BCUT2D eigenvalue weighted by atomic mass is 9.92. The molecule has 0 aliphatic rings. The summed E-state index contributed by atoms with van der Waals surface area (Å²) >= 11 is 0. The minimum absolute atomic E-state index is 0.180. The van der Waals surface area contributed by atoms with Crippen LogP contribution in [0.5, 0.6) is 0 Å². The van der Waals surface area contributed by atoms with E-state index >= 15 is 0 Å². The number of halogens is 3. The first-order chi connectivity index (χ1) is 9.57. The molecule has 0 nitrogen and oxygen atoms in total. The second-order valence-corrected chi connectivity index (χ2v) is 11.7. The molecule has 1 unspecified atom stereocenters. The van der Waals surface area contributed by atoms with Gasteiger partial charge in [0, 0.05) is 5.92 Å². The lowest BCUT2D eigenvalue weighted by molar-refractivity contribution is -0.137. The second-order valence-electron chi connectivity index (χ2n) is 6.59. The Bertz CT molecular complexity index is 466. The highest BCUT2D eigenvalue weighted by atomic mass is 28.3. The Morgan fingerprint density at radius 1 is 1.14 bits per heavy atom. The number of allylic oxidation sites excluding steroid dienone is 1. The first-order valence-corrected chi connectivity index (χ1v) is 10.9. The van der Waals surface area contributed by atoms with Crippen LogP contribution in [0.1, 0.15) is 43.2 Å². The molecule has 0 fully saturated rings. The molecule has 0 heterocycles. The molecule has 4 heteroatoms. The number of rotatable bonds is 6. The van der Waals surface area contributed by atoms with Crippen LogP contribution in [0.4, 0.5) is 13.2 Å². The van der Waals surface area contributed by atoms with Gasteiger partial charge in [-0.3, -0.25) is 0 Å². The Morgan fingerprint density at radius 3 is 2.05 bits per heavy atom. The molecule has 0 radical (unpaired) electrons. The predicted molar refractivity (Wildman–Crippen MR) is 86.2 cm³/mol. The van der Waals surface area contributed by atoms with Gasteiger partial charge in [-0.05, 0) is 24.1 Å². The van der Waals surface area contributed by atoms with Crippen molar-refractivity contribution < 1.29 is 13.2 Å². The molecule has 1 aromatic carbocycles. The fourth-order valence-corrected chi connectivity index (χ4v) is 3.73. The summed E-state index contributed by atoms with van der Waals surface area (Å²) in [5.74, 6) is 0.180. The maximum Gasteiger partial charge on any atom is 0.416 e. The van der Waals surface area contributed by atoms with E-state index in [2.05, 4.69) is 33.1 Å². The molecule has 0 aromatic heterocycles. The summed E-state index contributed by atoms with van der Waals surface area (Å²) in [6.07, 6.45) is -1.16. The normalized spacial score (nSPS) is 14.0. The third kappa shape index (κ3) is 5.02. The van der Waals surface area contributed by atoms with Crippen molar-refractivity contribution in [2.75, 3.05) is 0 Å². The highest BCUT2D eigenvalue weighted by Gasteiger charge is 2.31. The van der Waals surface area contributed by atoms with Gasteiger partial charge in [0.25, 0.3) is 0 Å². The summed E-state index contributed by atoms with van der Waals surface area (Å²) in [5.41, 5.74) is 0.378. The molecular weight excluding hydrogens is 289 g/mol. The first kappa shape index (κ1) is 18.0. The Labute approximate surface area is 127 Å². The Morgan fingerprint density at radius 2 is 1.67 bits per heavy atom. The van der Waals surface area contributed by atoms with Gasteiger partial charge in [0.2, 0.25) is 0 Å². The van der Waals surface area contributed by atoms with Crippen molar-refractivity contribution in [3.05, 3.63) is 47.2 Å². The standard InChI is InChI=1S/C17H25F3Si/c1-6-7-8-16(13(2)21(3,4)5)14-9-11-15(12-10-14)17(18,19)20/h9-12,16H,2,6-8H2,1,3-5H3. The van der Waals surface area contributed by atoms with Gasteiger partial charge in [0.1, 0.15) is 0 Å². The summed E-state index contributed by atoms with van der Waals surface area (Å²) in [6, 6.07) is 5.61. The van der Waals surface area contributed by atoms with E-state index in [1.54, 1.807) is 12.1 Å². The molecule has 21 heavy (non-hydrogen) atoms. The van der Waals surface area contributed by atoms with E-state index in [0.29, 0.717) is 0 Å². The van der Waals surface area contributed by atoms with Gasteiger partial charge in [-0.1, -0.05) is 56.7 Å². The molecule has 0 N–H and O–H groups in total. The van der Waals surface area contributed by atoms with Gasteiger partial charge >= 0.3 is 6.18 Å². The molecule has 0 amide bonds. The number of benzene rings is 1. The Hall–Kier alpha value is -1.03. The molecular formula is C17H25F3Si. The van der Waals surface area contributed by atoms with Gasteiger partial charge in [-0.15, -0.1) is 6.58 Å². The van der Waals surface area contributed by atoms with Gasteiger partial charge < -0.3 is 0 Å². The molecule has 1 aromatic rings. The fraction of sp³-hybridized carbons (Fsp3) is 0.529. The summed E-state index contributed by atoms with van der Waals surface area (Å²) in [5, 5.41) is 1.22. The average Bonchev–Trinajstić information content (AvgIpc) is 2.37. The van der Waals surface area contributed by atoms with Crippen LogP contribution >= 0.6 is 0 Å². The maximum atomic E-state index is 12.7. The third-order valence-corrected chi connectivity index (χ3v) is 6.15. The number of hydrogen-bond acceptors (Lipinski definition) is 0. The highest BCUT2D eigenvalue weighted by Crippen LogP contribution is 2.36. The van der Waals surface area contributed by atoms with Crippen LogP contribution < -0.4 is 0 Å². The van der Waals surface area contributed by atoms with Gasteiger partial charge in [-0.25, -0.2) is 0 Å². The van der Waals surface area contributed by atoms with Gasteiger partial charge in [-0.2, -0.15) is 13.2 Å².